The van der Waals surface area contributed by atoms with E-state index in [1.807, 2.05) is 65.2 Å². The number of nitrogens with one attached hydrogen (secondary N) is 1. The Morgan fingerprint density at radius 3 is 2.52 bits per heavy atom. The molecule has 0 spiro atoms. The first kappa shape index (κ1) is 13.8. The Hall–Kier alpha value is -2.85. The average Bonchev–Trinajstić information content (AvgIpc) is 2.95. The van der Waals surface area contributed by atoms with E-state index in [9.17, 15) is 0 Å². The van der Waals surface area contributed by atoms with Crippen LogP contribution in [0.4, 0.5) is 11.5 Å². The fourth-order valence-corrected chi connectivity index (χ4v) is 2.62. The van der Waals surface area contributed by atoms with E-state index in [1.165, 1.54) is 0 Å². The first-order valence-corrected chi connectivity index (χ1v) is 7.59. The fraction of sp³-hybridized carbons (Fsp3) is 0. The second kappa shape index (κ2) is 5.74. The second-order valence-electron chi connectivity index (χ2n) is 5.11. The summed E-state index contributed by atoms with van der Waals surface area (Å²) < 4.78 is 1.99. The topological polar surface area (TPSA) is 42.2 Å². The van der Waals surface area contributed by atoms with Gasteiger partial charge in [-0.3, -0.25) is 9.38 Å². The lowest BCUT2D eigenvalue weighted by Gasteiger charge is -2.08. The molecule has 1 N–H and O–H groups in total. The van der Waals surface area contributed by atoms with Gasteiger partial charge in [-0.2, -0.15) is 0 Å². The van der Waals surface area contributed by atoms with Crippen LogP contribution in [0, 0.1) is 0 Å². The Morgan fingerprint density at radius 2 is 1.74 bits per heavy atom. The van der Waals surface area contributed by atoms with Gasteiger partial charge >= 0.3 is 0 Å². The van der Waals surface area contributed by atoms with Crippen LogP contribution < -0.4 is 5.32 Å². The largest absolute Gasteiger partial charge is 0.339 e. The lowest BCUT2D eigenvalue weighted by Crippen LogP contribution is -1.96. The van der Waals surface area contributed by atoms with Crippen molar-refractivity contribution in [3.63, 3.8) is 0 Å². The number of hydrogen-bond donors (Lipinski definition) is 1. The zero-order chi connectivity index (χ0) is 15.6. The Morgan fingerprint density at radius 1 is 0.957 bits per heavy atom. The van der Waals surface area contributed by atoms with Gasteiger partial charge in [0.2, 0.25) is 0 Å². The van der Waals surface area contributed by atoms with E-state index in [4.69, 9.17) is 16.6 Å². The van der Waals surface area contributed by atoms with Crippen LogP contribution in [0.15, 0.2) is 73.2 Å². The zero-order valence-electron chi connectivity index (χ0n) is 12.1. The molecule has 23 heavy (non-hydrogen) atoms. The molecule has 0 aliphatic heterocycles. The van der Waals surface area contributed by atoms with E-state index in [1.54, 1.807) is 12.4 Å². The van der Waals surface area contributed by atoms with Gasteiger partial charge in [-0.05, 0) is 24.3 Å². The average molecular weight is 321 g/mol. The third kappa shape index (κ3) is 2.64. The highest BCUT2D eigenvalue weighted by atomic mass is 35.5. The van der Waals surface area contributed by atoms with E-state index in [2.05, 4.69) is 10.3 Å². The van der Waals surface area contributed by atoms with Crippen molar-refractivity contribution in [1.29, 1.82) is 0 Å². The van der Waals surface area contributed by atoms with Crippen molar-refractivity contribution in [1.82, 2.24) is 14.4 Å². The molecule has 0 fully saturated rings. The summed E-state index contributed by atoms with van der Waals surface area (Å²) >= 11 is 6.00. The van der Waals surface area contributed by atoms with Crippen LogP contribution in [0.1, 0.15) is 0 Å². The van der Waals surface area contributed by atoms with Gasteiger partial charge in [0.05, 0.1) is 6.20 Å². The molecule has 2 heterocycles. The monoisotopic (exact) mass is 320 g/mol. The van der Waals surface area contributed by atoms with E-state index in [0.717, 1.165) is 28.4 Å². The molecule has 4 rings (SSSR count). The van der Waals surface area contributed by atoms with Gasteiger partial charge in [0.1, 0.15) is 11.5 Å². The van der Waals surface area contributed by atoms with Crippen LogP contribution in [0.5, 0.6) is 0 Å². The van der Waals surface area contributed by atoms with Gasteiger partial charge in [0.25, 0.3) is 0 Å². The Kier molecular flexibility index (Phi) is 3.44. The first-order valence-electron chi connectivity index (χ1n) is 7.21. The minimum absolute atomic E-state index is 0.705. The third-order valence-electron chi connectivity index (χ3n) is 3.58. The van der Waals surface area contributed by atoms with Crippen molar-refractivity contribution >= 4 is 28.8 Å². The van der Waals surface area contributed by atoms with Crippen LogP contribution in [0.25, 0.3) is 16.9 Å². The van der Waals surface area contributed by atoms with E-state index in [-0.39, 0.29) is 0 Å². The molecule has 0 radical (unpaired) electrons. The van der Waals surface area contributed by atoms with Gasteiger partial charge < -0.3 is 5.32 Å². The van der Waals surface area contributed by atoms with Crippen LogP contribution in [0.3, 0.4) is 0 Å². The molecule has 0 saturated carbocycles. The minimum Gasteiger partial charge on any atom is -0.339 e. The number of hydrogen-bond acceptors (Lipinski definition) is 3. The van der Waals surface area contributed by atoms with E-state index < -0.39 is 0 Å². The van der Waals surface area contributed by atoms with Gasteiger partial charge in [0.15, 0.2) is 5.65 Å². The maximum atomic E-state index is 6.00. The molecule has 0 atom stereocenters. The Bertz CT molecular complexity index is 946. The number of para-hydroxylation sites is 1. The highest BCUT2D eigenvalue weighted by Crippen LogP contribution is 2.31. The number of nitrogens with zero attached hydrogens (tertiary/aromatic N) is 3. The van der Waals surface area contributed by atoms with Gasteiger partial charge in [-0.15, -0.1) is 0 Å². The summed E-state index contributed by atoms with van der Waals surface area (Å²) in [6, 6.07) is 17.7. The number of rotatable bonds is 3. The minimum atomic E-state index is 0.705. The summed E-state index contributed by atoms with van der Waals surface area (Å²) in [5.41, 5.74) is 3.65. The summed E-state index contributed by atoms with van der Waals surface area (Å²) in [5, 5.41) is 4.15. The molecule has 2 aromatic carbocycles. The Balaban J connectivity index is 1.89. The van der Waals surface area contributed by atoms with Crippen molar-refractivity contribution < 1.29 is 0 Å². The fourth-order valence-electron chi connectivity index (χ4n) is 2.49. The lowest BCUT2D eigenvalue weighted by molar-refractivity contribution is 1.13. The SMILES string of the molecule is Clc1ccc(-c2nc3cnccn3c2Nc2ccccc2)cc1. The smallest absolute Gasteiger partial charge is 0.157 e. The predicted octanol–water partition coefficient (Wildman–Crippen LogP) is 4.79. The quantitative estimate of drug-likeness (QED) is 0.590. The van der Waals surface area contributed by atoms with Crippen molar-refractivity contribution in [3.8, 4) is 11.3 Å². The van der Waals surface area contributed by atoms with Crippen molar-refractivity contribution in [2.24, 2.45) is 0 Å². The lowest BCUT2D eigenvalue weighted by atomic mass is 10.1. The maximum Gasteiger partial charge on any atom is 0.157 e. The molecule has 112 valence electrons. The second-order valence-corrected chi connectivity index (χ2v) is 5.55. The number of imidazole rings is 1. The first-order chi connectivity index (χ1) is 11.3. The van der Waals surface area contributed by atoms with Crippen LogP contribution in [-0.2, 0) is 0 Å². The molecule has 0 unspecified atom stereocenters. The van der Waals surface area contributed by atoms with Crippen LogP contribution in [-0.4, -0.2) is 14.4 Å². The number of halogens is 1. The molecule has 4 nitrogen and oxygen atoms in total. The Labute approximate surface area is 138 Å². The van der Waals surface area contributed by atoms with E-state index >= 15 is 0 Å². The number of fused-ring (bicyclic) bond motifs is 1. The zero-order valence-corrected chi connectivity index (χ0v) is 12.9. The molecule has 0 bridgehead atoms. The standard InChI is InChI=1S/C18H13ClN4/c19-14-8-6-13(7-9-14)17-18(21-15-4-2-1-3-5-15)23-11-10-20-12-16(23)22-17/h1-12,21H. The molecule has 5 heteroatoms. The van der Waals surface area contributed by atoms with Crippen LogP contribution in [0.2, 0.25) is 5.02 Å². The summed E-state index contributed by atoms with van der Waals surface area (Å²) in [6.07, 6.45) is 5.39. The molecule has 0 amide bonds. The van der Waals surface area contributed by atoms with Crippen molar-refractivity contribution in [2.75, 3.05) is 5.32 Å². The molecule has 4 aromatic rings. The van der Waals surface area contributed by atoms with Gasteiger partial charge in [0, 0.05) is 28.7 Å². The normalized spacial score (nSPS) is 10.8. The molecule has 0 aliphatic rings. The number of aromatic nitrogens is 3. The summed E-state index contributed by atoms with van der Waals surface area (Å²) in [6.45, 7) is 0. The highest BCUT2D eigenvalue weighted by molar-refractivity contribution is 6.30. The third-order valence-corrected chi connectivity index (χ3v) is 3.84. The molecule has 0 aliphatic carbocycles. The molecular weight excluding hydrogens is 308 g/mol. The summed E-state index contributed by atoms with van der Waals surface area (Å²) in [4.78, 5) is 8.85. The van der Waals surface area contributed by atoms with Gasteiger partial charge in [-0.1, -0.05) is 41.9 Å². The predicted molar refractivity (Wildman–Crippen MR) is 93.2 cm³/mol. The van der Waals surface area contributed by atoms with E-state index in [0.29, 0.717) is 5.02 Å². The molecule has 0 saturated heterocycles. The van der Waals surface area contributed by atoms with Crippen LogP contribution >= 0.6 is 11.6 Å². The number of anilines is 2. The summed E-state index contributed by atoms with van der Waals surface area (Å²) in [7, 11) is 0. The number of benzene rings is 2. The highest BCUT2D eigenvalue weighted by Gasteiger charge is 2.14. The molecular formula is C18H13ClN4. The summed E-state index contributed by atoms with van der Waals surface area (Å²) in [5.74, 6) is 0.899. The van der Waals surface area contributed by atoms with Gasteiger partial charge in [-0.25, -0.2) is 4.98 Å². The van der Waals surface area contributed by atoms with Crippen molar-refractivity contribution in [3.05, 3.63) is 78.2 Å². The maximum absolute atomic E-state index is 6.00. The van der Waals surface area contributed by atoms with Crippen molar-refractivity contribution in [2.45, 2.75) is 0 Å². The molecule has 2 aromatic heterocycles.